The summed E-state index contributed by atoms with van der Waals surface area (Å²) in [6.45, 7) is 3.86. The summed E-state index contributed by atoms with van der Waals surface area (Å²) in [5.74, 6) is 0.406. The molecule has 0 unspecified atom stereocenters. The fourth-order valence-corrected chi connectivity index (χ4v) is 2.62. The number of aryl methyl sites for hydroxylation is 1. The lowest BCUT2D eigenvalue weighted by atomic mass is 10.3. The van der Waals surface area contributed by atoms with Crippen LogP contribution in [0.4, 0.5) is 5.69 Å². The second-order valence-corrected chi connectivity index (χ2v) is 6.24. The first-order chi connectivity index (χ1) is 9.86. The first-order valence-electron chi connectivity index (χ1n) is 6.46. The lowest BCUT2D eigenvalue weighted by Gasteiger charge is -2.12. The summed E-state index contributed by atoms with van der Waals surface area (Å²) in [4.78, 5) is 12.2. The van der Waals surface area contributed by atoms with Crippen molar-refractivity contribution in [3.05, 3.63) is 45.7 Å². The molecular weight excluding hydrogens is 356 g/mol. The van der Waals surface area contributed by atoms with Gasteiger partial charge in [-0.3, -0.25) is 4.79 Å². The maximum absolute atomic E-state index is 12.2. The molecule has 4 nitrogen and oxygen atoms in total. The number of aromatic nitrogens is 1. The summed E-state index contributed by atoms with van der Waals surface area (Å²) in [6.07, 6.45) is 1.87. The van der Waals surface area contributed by atoms with Crippen molar-refractivity contribution >= 4 is 39.1 Å². The van der Waals surface area contributed by atoms with Gasteiger partial charge >= 0.3 is 0 Å². The normalized spacial score (nSPS) is 10.8. The Labute approximate surface area is 137 Å². The number of rotatable bonds is 4. The van der Waals surface area contributed by atoms with Crippen LogP contribution in [0.1, 0.15) is 24.3 Å². The highest BCUT2D eigenvalue weighted by Gasteiger charge is 2.12. The van der Waals surface area contributed by atoms with E-state index in [9.17, 15) is 4.79 Å². The van der Waals surface area contributed by atoms with E-state index in [1.165, 1.54) is 0 Å². The number of amides is 1. The average molecular weight is 372 g/mol. The molecular formula is C15H16BrClN2O2. The highest BCUT2D eigenvalue weighted by Crippen LogP contribution is 2.28. The molecule has 0 atom stereocenters. The third-order valence-corrected chi connectivity index (χ3v) is 3.49. The van der Waals surface area contributed by atoms with Crippen LogP contribution in [0.25, 0.3) is 0 Å². The number of ether oxygens (including phenoxy) is 1. The van der Waals surface area contributed by atoms with Crippen molar-refractivity contribution in [2.75, 3.05) is 5.32 Å². The fraction of sp³-hybridized carbons (Fsp3) is 0.267. The Morgan fingerprint density at radius 1 is 1.38 bits per heavy atom. The first kappa shape index (κ1) is 15.9. The molecule has 21 heavy (non-hydrogen) atoms. The molecule has 1 heterocycles. The van der Waals surface area contributed by atoms with Crippen LogP contribution in [0.5, 0.6) is 5.75 Å². The minimum absolute atomic E-state index is 0.0451. The van der Waals surface area contributed by atoms with E-state index >= 15 is 0 Å². The third-order valence-electron chi connectivity index (χ3n) is 2.76. The Kier molecular flexibility index (Phi) is 4.96. The van der Waals surface area contributed by atoms with Gasteiger partial charge in [0.15, 0.2) is 0 Å². The molecule has 6 heteroatoms. The van der Waals surface area contributed by atoms with Gasteiger partial charge in [-0.1, -0.05) is 11.6 Å². The van der Waals surface area contributed by atoms with E-state index in [2.05, 4.69) is 21.2 Å². The van der Waals surface area contributed by atoms with E-state index < -0.39 is 0 Å². The topological polar surface area (TPSA) is 43.3 Å². The van der Waals surface area contributed by atoms with Crippen LogP contribution in [0, 0.1) is 0 Å². The van der Waals surface area contributed by atoms with Crippen molar-refractivity contribution in [2.24, 2.45) is 7.05 Å². The Morgan fingerprint density at radius 3 is 2.62 bits per heavy atom. The second kappa shape index (κ2) is 6.54. The number of halogens is 2. The van der Waals surface area contributed by atoms with Gasteiger partial charge in [-0.25, -0.2) is 0 Å². The van der Waals surface area contributed by atoms with E-state index in [0.29, 0.717) is 22.2 Å². The average Bonchev–Trinajstić information content (AvgIpc) is 2.71. The van der Waals surface area contributed by atoms with Crippen molar-refractivity contribution in [3.63, 3.8) is 0 Å². The first-order valence-corrected chi connectivity index (χ1v) is 7.63. The van der Waals surface area contributed by atoms with Gasteiger partial charge in [-0.05, 0) is 54.0 Å². The number of benzene rings is 1. The molecule has 1 N–H and O–H groups in total. The smallest absolute Gasteiger partial charge is 0.272 e. The van der Waals surface area contributed by atoms with Gasteiger partial charge in [0.2, 0.25) is 0 Å². The molecule has 0 radical (unpaired) electrons. The van der Waals surface area contributed by atoms with Crippen LogP contribution in [-0.2, 0) is 7.05 Å². The zero-order valence-corrected chi connectivity index (χ0v) is 14.3. The summed E-state index contributed by atoms with van der Waals surface area (Å²) in [6, 6.07) is 6.95. The number of anilines is 1. The minimum atomic E-state index is -0.197. The van der Waals surface area contributed by atoms with Crippen LogP contribution in [-0.4, -0.2) is 16.6 Å². The molecule has 0 aliphatic heterocycles. The van der Waals surface area contributed by atoms with Gasteiger partial charge in [0.1, 0.15) is 11.4 Å². The molecule has 0 aliphatic carbocycles. The van der Waals surface area contributed by atoms with Crippen LogP contribution >= 0.6 is 27.5 Å². The van der Waals surface area contributed by atoms with Gasteiger partial charge in [-0.15, -0.1) is 0 Å². The fourth-order valence-electron chi connectivity index (χ4n) is 1.87. The van der Waals surface area contributed by atoms with Crippen molar-refractivity contribution in [2.45, 2.75) is 20.0 Å². The molecule has 0 saturated carbocycles. The third kappa shape index (κ3) is 4.02. The number of nitrogens with one attached hydrogen (secondary N) is 1. The Hall–Kier alpha value is -1.46. The predicted molar refractivity (Wildman–Crippen MR) is 88.3 cm³/mol. The number of nitrogens with zero attached hydrogens (tertiary/aromatic N) is 1. The van der Waals surface area contributed by atoms with E-state index in [-0.39, 0.29) is 12.0 Å². The number of hydrogen-bond donors (Lipinski definition) is 1. The zero-order valence-electron chi connectivity index (χ0n) is 12.0. The van der Waals surface area contributed by atoms with Gasteiger partial charge in [0.05, 0.1) is 11.1 Å². The highest BCUT2D eigenvalue weighted by molar-refractivity contribution is 9.10. The quantitative estimate of drug-likeness (QED) is 0.861. The lowest BCUT2D eigenvalue weighted by Crippen LogP contribution is -2.15. The molecule has 0 aliphatic rings. The molecule has 2 rings (SSSR count). The Balaban J connectivity index is 2.15. The number of carbonyl (C=O) groups excluding carboxylic acids is 1. The van der Waals surface area contributed by atoms with E-state index in [1.54, 1.807) is 28.8 Å². The molecule has 0 bridgehead atoms. The number of carbonyl (C=O) groups is 1. The van der Waals surface area contributed by atoms with Crippen LogP contribution in [0.15, 0.2) is 34.9 Å². The van der Waals surface area contributed by atoms with E-state index in [1.807, 2.05) is 27.1 Å². The van der Waals surface area contributed by atoms with Crippen LogP contribution < -0.4 is 10.1 Å². The second-order valence-electron chi connectivity index (χ2n) is 4.92. The van der Waals surface area contributed by atoms with Crippen molar-refractivity contribution in [1.29, 1.82) is 0 Å². The minimum Gasteiger partial charge on any atom is -0.489 e. The Bertz CT molecular complexity index is 668. The summed E-state index contributed by atoms with van der Waals surface area (Å²) >= 11 is 9.49. The summed E-state index contributed by atoms with van der Waals surface area (Å²) in [5, 5.41) is 3.28. The molecule has 1 aromatic carbocycles. The monoisotopic (exact) mass is 370 g/mol. The zero-order chi connectivity index (χ0) is 15.6. The molecule has 1 amide bonds. The van der Waals surface area contributed by atoms with Crippen molar-refractivity contribution in [1.82, 2.24) is 4.57 Å². The summed E-state index contributed by atoms with van der Waals surface area (Å²) in [5.41, 5.74) is 1.18. The molecule has 1 aromatic heterocycles. The lowest BCUT2D eigenvalue weighted by molar-refractivity contribution is 0.101. The molecule has 0 fully saturated rings. The molecule has 112 valence electrons. The van der Waals surface area contributed by atoms with Crippen molar-refractivity contribution in [3.8, 4) is 5.75 Å². The van der Waals surface area contributed by atoms with Gasteiger partial charge < -0.3 is 14.6 Å². The van der Waals surface area contributed by atoms with Crippen LogP contribution in [0.3, 0.4) is 0 Å². The number of hydrogen-bond acceptors (Lipinski definition) is 2. The highest BCUT2D eigenvalue weighted by atomic mass is 79.9. The standard InChI is InChI=1S/C15H16BrClN2O2/c1-9(2)21-14-5-4-11(7-12(14)17)18-15(20)13-6-10(16)8-19(13)3/h4-9H,1-3H3,(H,18,20). The van der Waals surface area contributed by atoms with Gasteiger partial charge in [-0.2, -0.15) is 0 Å². The van der Waals surface area contributed by atoms with Crippen molar-refractivity contribution < 1.29 is 9.53 Å². The van der Waals surface area contributed by atoms with Gasteiger partial charge in [0.25, 0.3) is 5.91 Å². The van der Waals surface area contributed by atoms with Crippen LogP contribution in [0.2, 0.25) is 5.02 Å². The van der Waals surface area contributed by atoms with Gasteiger partial charge in [0, 0.05) is 23.4 Å². The Morgan fingerprint density at radius 2 is 2.10 bits per heavy atom. The predicted octanol–water partition coefficient (Wildman–Crippen LogP) is 4.48. The molecule has 0 saturated heterocycles. The molecule has 2 aromatic rings. The maximum atomic E-state index is 12.2. The van der Waals surface area contributed by atoms with E-state index in [4.69, 9.17) is 16.3 Å². The molecule has 0 spiro atoms. The largest absolute Gasteiger partial charge is 0.489 e. The van der Waals surface area contributed by atoms with E-state index in [0.717, 1.165) is 4.47 Å². The summed E-state index contributed by atoms with van der Waals surface area (Å²) in [7, 11) is 1.81. The maximum Gasteiger partial charge on any atom is 0.272 e. The summed E-state index contributed by atoms with van der Waals surface area (Å²) < 4.78 is 8.16. The SMILES string of the molecule is CC(C)Oc1ccc(NC(=O)c2cc(Br)cn2C)cc1Cl.